The molecule has 0 radical (unpaired) electrons. The lowest BCUT2D eigenvalue weighted by atomic mass is 10.2. The van der Waals surface area contributed by atoms with Gasteiger partial charge in [-0.3, -0.25) is 9.48 Å². The van der Waals surface area contributed by atoms with Gasteiger partial charge in [-0.15, -0.1) is 11.3 Å². The van der Waals surface area contributed by atoms with Gasteiger partial charge in [-0.05, 0) is 43.5 Å². The van der Waals surface area contributed by atoms with Gasteiger partial charge >= 0.3 is 0 Å². The molecule has 0 aliphatic rings. The van der Waals surface area contributed by atoms with Crippen molar-refractivity contribution in [1.29, 1.82) is 0 Å². The molecule has 3 heterocycles. The molecule has 29 heavy (non-hydrogen) atoms. The van der Waals surface area contributed by atoms with Crippen molar-refractivity contribution in [3.8, 4) is 0 Å². The van der Waals surface area contributed by atoms with Crippen LogP contribution >= 0.6 is 22.9 Å². The lowest BCUT2D eigenvalue weighted by Crippen LogP contribution is -2.23. The van der Waals surface area contributed by atoms with E-state index in [1.807, 2.05) is 59.0 Å². The van der Waals surface area contributed by atoms with Crippen LogP contribution in [0.15, 0.2) is 49.1 Å². The topological polar surface area (TPSA) is 64.7 Å². The van der Waals surface area contributed by atoms with Crippen LogP contribution in [0.3, 0.4) is 0 Å². The largest absolute Gasteiger partial charge is 0.351 e. The zero-order chi connectivity index (χ0) is 20.2. The Morgan fingerprint density at radius 1 is 1.24 bits per heavy atom. The molecular weight excluding hydrogens is 406 g/mol. The number of hydrogen-bond acceptors (Lipinski definition) is 4. The second kappa shape index (κ2) is 8.80. The van der Waals surface area contributed by atoms with E-state index in [2.05, 4.69) is 15.4 Å². The summed E-state index contributed by atoms with van der Waals surface area (Å²) in [5.74, 6) is -0.0220. The minimum Gasteiger partial charge on any atom is -0.351 e. The highest BCUT2D eigenvalue weighted by atomic mass is 35.5. The molecule has 8 heteroatoms. The van der Waals surface area contributed by atoms with Gasteiger partial charge in [0.1, 0.15) is 4.83 Å². The molecule has 4 aromatic rings. The summed E-state index contributed by atoms with van der Waals surface area (Å²) < 4.78 is 4.00. The lowest BCUT2D eigenvalue weighted by molar-refractivity contribution is 0.0957. The van der Waals surface area contributed by atoms with Crippen LogP contribution in [0, 0.1) is 6.92 Å². The summed E-state index contributed by atoms with van der Waals surface area (Å²) >= 11 is 7.46. The molecule has 0 saturated heterocycles. The van der Waals surface area contributed by atoms with Crippen molar-refractivity contribution < 1.29 is 4.79 Å². The highest BCUT2D eigenvalue weighted by Crippen LogP contribution is 2.29. The Balaban J connectivity index is 1.37. The Kier molecular flexibility index (Phi) is 5.97. The third-order valence-corrected chi connectivity index (χ3v) is 6.16. The van der Waals surface area contributed by atoms with Crippen LogP contribution < -0.4 is 5.32 Å². The summed E-state index contributed by atoms with van der Waals surface area (Å²) in [6, 6.07) is 9.70. The molecule has 6 nitrogen and oxygen atoms in total. The predicted octanol–water partition coefficient (Wildman–Crippen LogP) is 4.51. The number of fused-ring (bicyclic) bond motifs is 1. The van der Waals surface area contributed by atoms with Gasteiger partial charge in [0.2, 0.25) is 0 Å². The molecular formula is C21H22ClN5OS. The van der Waals surface area contributed by atoms with Crippen LogP contribution in [-0.2, 0) is 13.1 Å². The Morgan fingerprint density at radius 3 is 2.83 bits per heavy atom. The third kappa shape index (κ3) is 4.68. The first kappa shape index (κ1) is 19.7. The quantitative estimate of drug-likeness (QED) is 0.420. The molecule has 150 valence electrons. The first-order valence-corrected chi connectivity index (χ1v) is 10.7. The molecule has 4 rings (SSSR count). The normalized spacial score (nSPS) is 11.2. The van der Waals surface area contributed by atoms with Gasteiger partial charge in [-0.2, -0.15) is 5.10 Å². The fraction of sp³-hybridized carbons (Fsp3) is 0.286. The second-order valence-electron chi connectivity index (χ2n) is 6.96. The minimum absolute atomic E-state index is 0.0220. The van der Waals surface area contributed by atoms with E-state index < -0.39 is 0 Å². The highest BCUT2D eigenvalue weighted by Gasteiger charge is 2.16. The van der Waals surface area contributed by atoms with Crippen LogP contribution in [0.1, 0.15) is 33.8 Å². The monoisotopic (exact) mass is 427 g/mol. The zero-order valence-electron chi connectivity index (χ0n) is 16.1. The van der Waals surface area contributed by atoms with Crippen molar-refractivity contribution in [2.75, 3.05) is 6.54 Å². The number of carbonyl (C=O) groups is 1. The average molecular weight is 428 g/mol. The average Bonchev–Trinajstić information content (AvgIpc) is 3.43. The number of thiophene rings is 1. The highest BCUT2D eigenvalue weighted by molar-refractivity contribution is 7.20. The van der Waals surface area contributed by atoms with Crippen LogP contribution in [0.2, 0.25) is 5.02 Å². The first-order valence-electron chi connectivity index (χ1n) is 9.55. The number of hydrogen-bond donors (Lipinski definition) is 1. The first-order chi connectivity index (χ1) is 14.1. The van der Waals surface area contributed by atoms with E-state index in [0.29, 0.717) is 13.1 Å². The number of nitrogens with zero attached hydrogens (tertiary/aromatic N) is 4. The number of nitrogens with one attached hydrogen (secondary N) is 1. The maximum atomic E-state index is 12.6. The molecule has 0 aliphatic heterocycles. The summed E-state index contributed by atoms with van der Waals surface area (Å²) in [4.78, 5) is 18.3. The van der Waals surface area contributed by atoms with Crippen molar-refractivity contribution in [1.82, 2.24) is 24.6 Å². The summed E-state index contributed by atoms with van der Waals surface area (Å²) in [5.41, 5.74) is 2.06. The predicted molar refractivity (Wildman–Crippen MR) is 117 cm³/mol. The van der Waals surface area contributed by atoms with Crippen molar-refractivity contribution in [2.45, 2.75) is 32.9 Å². The number of imidazole rings is 1. The summed E-state index contributed by atoms with van der Waals surface area (Å²) in [6.07, 6.45) is 7.46. The molecule has 1 amide bonds. The van der Waals surface area contributed by atoms with E-state index in [0.717, 1.165) is 50.8 Å². The van der Waals surface area contributed by atoms with Crippen LogP contribution in [0.25, 0.3) is 10.2 Å². The number of amides is 1. The van der Waals surface area contributed by atoms with Crippen molar-refractivity contribution >= 4 is 39.1 Å². The van der Waals surface area contributed by atoms with E-state index in [9.17, 15) is 4.79 Å². The van der Waals surface area contributed by atoms with Gasteiger partial charge in [0.25, 0.3) is 5.91 Å². The van der Waals surface area contributed by atoms with E-state index >= 15 is 0 Å². The molecule has 1 aromatic carbocycles. The van der Waals surface area contributed by atoms with E-state index in [1.54, 1.807) is 6.20 Å². The fourth-order valence-corrected chi connectivity index (χ4v) is 4.43. The number of halogens is 1. The van der Waals surface area contributed by atoms with Crippen molar-refractivity contribution in [3.63, 3.8) is 0 Å². The van der Waals surface area contributed by atoms with Crippen LogP contribution in [0.4, 0.5) is 0 Å². The molecule has 0 unspecified atom stereocenters. The summed E-state index contributed by atoms with van der Waals surface area (Å²) in [5, 5.41) is 9.42. The lowest BCUT2D eigenvalue weighted by Gasteiger charge is -2.05. The van der Waals surface area contributed by atoms with Gasteiger partial charge in [-0.25, -0.2) is 4.98 Å². The van der Waals surface area contributed by atoms with Gasteiger partial charge in [0, 0.05) is 35.9 Å². The number of unbranched alkanes of at least 4 members (excludes halogenated alkanes) is 1. The number of aryl methyl sites for hydroxylation is 2. The standard InChI is InChI=1S/C21H22ClN5OS/c1-15-18-12-19(20(28)24-8-2-3-10-26-11-9-23-14-26)29-21(18)27(25-15)13-16-4-6-17(22)7-5-16/h4-7,9,11-12,14H,2-3,8,10,13H2,1H3,(H,24,28). The summed E-state index contributed by atoms with van der Waals surface area (Å²) in [6.45, 7) is 4.21. The zero-order valence-corrected chi connectivity index (χ0v) is 17.7. The SMILES string of the molecule is Cc1nn(Cc2ccc(Cl)cc2)c2sc(C(=O)NCCCCn3ccnc3)cc12. The maximum absolute atomic E-state index is 12.6. The van der Waals surface area contributed by atoms with E-state index in [4.69, 9.17) is 11.6 Å². The number of aromatic nitrogens is 4. The van der Waals surface area contributed by atoms with Gasteiger partial charge in [0.05, 0.1) is 23.4 Å². The molecule has 0 spiro atoms. The molecule has 3 aromatic heterocycles. The molecule has 0 fully saturated rings. The van der Waals surface area contributed by atoms with Crippen LogP contribution in [-0.4, -0.2) is 31.8 Å². The molecule has 0 bridgehead atoms. The Labute approximate surface area is 178 Å². The molecule has 0 saturated carbocycles. The molecule has 1 N–H and O–H groups in total. The second-order valence-corrected chi connectivity index (χ2v) is 8.43. The maximum Gasteiger partial charge on any atom is 0.261 e. The molecule has 0 aliphatic carbocycles. The van der Waals surface area contributed by atoms with E-state index in [1.165, 1.54) is 11.3 Å². The Morgan fingerprint density at radius 2 is 2.07 bits per heavy atom. The van der Waals surface area contributed by atoms with E-state index in [-0.39, 0.29) is 5.91 Å². The minimum atomic E-state index is -0.0220. The number of rotatable bonds is 8. The third-order valence-electron chi connectivity index (χ3n) is 4.76. The Hall–Kier alpha value is -2.64. The summed E-state index contributed by atoms with van der Waals surface area (Å²) in [7, 11) is 0. The van der Waals surface area contributed by atoms with Gasteiger partial charge in [-0.1, -0.05) is 23.7 Å². The fourth-order valence-electron chi connectivity index (χ4n) is 3.22. The van der Waals surface area contributed by atoms with Crippen molar-refractivity contribution in [2.24, 2.45) is 0 Å². The molecule has 0 atom stereocenters. The van der Waals surface area contributed by atoms with Gasteiger partial charge < -0.3 is 9.88 Å². The smallest absolute Gasteiger partial charge is 0.261 e. The van der Waals surface area contributed by atoms with Crippen LogP contribution in [0.5, 0.6) is 0 Å². The number of benzene rings is 1. The van der Waals surface area contributed by atoms with Crippen molar-refractivity contribution in [3.05, 3.63) is 70.2 Å². The van der Waals surface area contributed by atoms with Gasteiger partial charge in [0.15, 0.2) is 0 Å². The Bertz CT molecular complexity index is 1100. The number of carbonyl (C=O) groups excluding carboxylic acids is 1.